The van der Waals surface area contributed by atoms with Gasteiger partial charge in [-0.1, -0.05) is 12.1 Å². The molecule has 2 heterocycles. The highest BCUT2D eigenvalue weighted by molar-refractivity contribution is 5.92. The summed E-state index contributed by atoms with van der Waals surface area (Å²) in [5, 5.41) is 32.4. The van der Waals surface area contributed by atoms with E-state index in [1.165, 1.54) is 12.4 Å². The van der Waals surface area contributed by atoms with Gasteiger partial charge in [0.15, 0.2) is 0 Å². The minimum atomic E-state index is -1.06. The third-order valence-electron chi connectivity index (χ3n) is 4.54. The normalized spacial score (nSPS) is 10.5. The van der Waals surface area contributed by atoms with E-state index in [9.17, 15) is 9.90 Å². The lowest BCUT2D eigenvalue weighted by Gasteiger charge is -2.09. The number of H-pyrrole nitrogens is 1. The van der Waals surface area contributed by atoms with Gasteiger partial charge in [-0.05, 0) is 31.5 Å². The number of nitriles is 1. The van der Waals surface area contributed by atoms with Crippen LogP contribution in [0.25, 0.3) is 11.1 Å². The van der Waals surface area contributed by atoms with Crippen molar-refractivity contribution < 1.29 is 9.90 Å². The molecule has 7 heteroatoms. The van der Waals surface area contributed by atoms with Crippen LogP contribution in [0.4, 0.5) is 0 Å². The van der Waals surface area contributed by atoms with Crippen LogP contribution in [0, 0.1) is 30.6 Å². The van der Waals surface area contributed by atoms with Crippen LogP contribution < -0.4 is 0 Å². The van der Waals surface area contributed by atoms with Gasteiger partial charge in [-0.25, -0.2) is 4.79 Å². The molecule has 0 saturated carbocycles. The number of rotatable bonds is 5. The molecule has 1 aromatic carbocycles. The zero-order valence-electron chi connectivity index (χ0n) is 14.4. The predicted octanol–water partition coefficient (Wildman–Crippen LogP) is 3.11. The van der Waals surface area contributed by atoms with Gasteiger partial charge in [0.05, 0.1) is 24.4 Å². The maximum atomic E-state index is 11.3. The van der Waals surface area contributed by atoms with Gasteiger partial charge in [-0.15, -0.1) is 0 Å². The monoisotopic (exact) mass is 347 g/mol. The van der Waals surface area contributed by atoms with E-state index >= 15 is 0 Å². The van der Waals surface area contributed by atoms with E-state index in [1.807, 2.05) is 30.5 Å². The summed E-state index contributed by atoms with van der Waals surface area (Å²) in [4.78, 5) is 11.3. The smallest absolute Gasteiger partial charge is 0.354 e. The predicted molar refractivity (Wildman–Crippen MR) is 96.6 cm³/mol. The minimum Gasteiger partial charge on any atom is -0.477 e. The second-order valence-corrected chi connectivity index (χ2v) is 5.95. The summed E-state index contributed by atoms with van der Waals surface area (Å²) < 4.78 is 1.98. The molecule has 0 aliphatic carbocycles. The fraction of sp³-hybridized carbons (Fsp3) is 0.158. The van der Waals surface area contributed by atoms with E-state index in [1.54, 1.807) is 12.1 Å². The molecule has 0 amide bonds. The van der Waals surface area contributed by atoms with Crippen LogP contribution in [-0.2, 0) is 6.54 Å². The van der Waals surface area contributed by atoms with E-state index < -0.39 is 5.97 Å². The summed E-state index contributed by atoms with van der Waals surface area (Å²) >= 11 is 0. The molecule has 0 radical (unpaired) electrons. The number of hydrogen-bond acceptors (Lipinski definition) is 4. The third kappa shape index (κ3) is 2.78. The molecular formula is C19H17N5O2. The Hall–Kier alpha value is -3.66. The molecule has 0 bridgehead atoms. The van der Waals surface area contributed by atoms with E-state index in [0.717, 1.165) is 28.1 Å². The van der Waals surface area contributed by atoms with Gasteiger partial charge in [0, 0.05) is 34.3 Å². The molecular weight excluding hydrogens is 330 g/mol. The quantitative estimate of drug-likeness (QED) is 0.614. The topological polar surface area (TPSA) is 119 Å². The first kappa shape index (κ1) is 17.2. The summed E-state index contributed by atoms with van der Waals surface area (Å²) in [7, 11) is 0. The Kier molecular flexibility index (Phi) is 4.42. The number of aromatic nitrogens is 3. The van der Waals surface area contributed by atoms with Crippen LogP contribution in [0.5, 0.6) is 0 Å². The van der Waals surface area contributed by atoms with Gasteiger partial charge in [0.25, 0.3) is 0 Å². The molecule has 0 atom stereocenters. The van der Waals surface area contributed by atoms with Crippen LogP contribution in [0.15, 0.2) is 30.5 Å². The summed E-state index contributed by atoms with van der Waals surface area (Å²) in [6, 6.07) is 9.30. The molecule has 130 valence electrons. The zero-order valence-corrected chi connectivity index (χ0v) is 14.4. The number of hydrogen-bond donors (Lipinski definition) is 3. The molecule has 0 spiro atoms. The van der Waals surface area contributed by atoms with Crippen LogP contribution in [0.1, 0.15) is 38.6 Å². The summed E-state index contributed by atoms with van der Waals surface area (Å²) in [5.74, 6) is -1.06. The highest BCUT2D eigenvalue weighted by atomic mass is 16.4. The van der Waals surface area contributed by atoms with Crippen LogP contribution in [0.2, 0.25) is 0 Å². The molecule has 3 N–H and O–H groups in total. The molecule has 0 fully saturated rings. The van der Waals surface area contributed by atoms with Crippen molar-refractivity contribution in [2.45, 2.75) is 20.4 Å². The Morgan fingerprint density at radius 2 is 2.04 bits per heavy atom. The van der Waals surface area contributed by atoms with Gasteiger partial charge >= 0.3 is 5.97 Å². The molecule has 0 unspecified atom stereocenters. The van der Waals surface area contributed by atoms with Crippen molar-refractivity contribution >= 4 is 12.2 Å². The van der Waals surface area contributed by atoms with Crippen molar-refractivity contribution in [1.82, 2.24) is 14.8 Å². The number of nitrogens with zero attached hydrogens (tertiary/aromatic N) is 3. The molecule has 0 aliphatic rings. The maximum absolute atomic E-state index is 11.3. The number of nitrogens with one attached hydrogen (secondary N) is 2. The van der Waals surface area contributed by atoms with Crippen molar-refractivity contribution in [3.05, 3.63) is 64.2 Å². The minimum absolute atomic E-state index is 0.0637. The molecule has 26 heavy (non-hydrogen) atoms. The van der Waals surface area contributed by atoms with Crippen LogP contribution in [-0.4, -0.2) is 32.1 Å². The third-order valence-corrected chi connectivity index (χ3v) is 4.54. The standard InChI is InChI=1S/C19H17N5O2/c1-11-16(8-21)17(14-5-3-13(7-20)4-6-14)12(2)24(11)10-15-9-22-23-18(15)19(25)26/h3-6,8-9,21H,10H2,1-2H3,(H,22,23)(H,25,26). The highest BCUT2D eigenvalue weighted by Gasteiger charge is 2.20. The van der Waals surface area contributed by atoms with Gasteiger partial charge in [-0.2, -0.15) is 10.4 Å². The molecule has 0 saturated heterocycles. The maximum Gasteiger partial charge on any atom is 0.354 e. The van der Waals surface area contributed by atoms with Gasteiger partial charge in [-0.3, -0.25) is 5.10 Å². The Labute approximate surface area is 150 Å². The Balaban J connectivity index is 2.12. The first-order valence-electron chi connectivity index (χ1n) is 7.94. The highest BCUT2D eigenvalue weighted by Crippen LogP contribution is 2.32. The summed E-state index contributed by atoms with van der Waals surface area (Å²) in [6.45, 7) is 4.18. The molecule has 3 rings (SSSR count). The van der Waals surface area contributed by atoms with E-state index in [0.29, 0.717) is 17.7 Å². The number of benzene rings is 1. The average molecular weight is 347 g/mol. The largest absolute Gasteiger partial charge is 0.477 e. The van der Waals surface area contributed by atoms with Crippen molar-refractivity contribution in [1.29, 1.82) is 10.7 Å². The number of aromatic amines is 1. The lowest BCUT2D eigenvalue weighted by atomic mass is 10.00. The Morgan fingerprint density at radius 3 is 2.62 bits per heavy atom. The summed E-state index contributed by atoms with van der Waals surface area (Å²) in [6.07, 6.45) is 2.81. The fourth-order valence-corrected chi connectivity index (χ4v) is 3.18. The number of aromatic carboxylic acids is 1. The number of carboxylic acid groups (broad SMARTS) is 1. The average Bonchev–Trinajstić information content (AvgIpc) is 3.20. The van der Waals surface area contributed by atoms with Crippen molar-refractivity contribution in [3.63, 3.8) is 0 Å². The van der Waals surface area contributed by atoms with Crippen molar-refractivity contribution in [3.8, 4) is 17.2 Å². The lowest BCUT2D eigenvalue weighted by molar-refractivity contribution is 0.0689. The van der Waals surface area contributed by atoms with E-state index in [-0.39, 0.29) is 5.69 Å². The first-order valence-corrected chi connectivity index (χ1v) is 7.94. The number of carbonyl (C=O) groups is 1. The van der Waals surface area contributed by atoms with Crippen LogP contribution >= 0.6 is 0 Å². The van der Waals surface area contributed by atoms with Crippen LogP contribution in [0.3, 0.4) is 0 Å². The molecule has 2 aromatic heterocycles. The Morgan fingerprint density at radius 1 is 1.35 bits per heavy atom. The van der Waals surface area contributed by atoms with Crippen molar-refractivity contribution in [2.24, 2.45) is 0 Å². The zero-order chi connectivity index (χ0) is 18.8. The van der Waals surface area contributed by atoms with E-state index in [4.69, 9.17) is 10.7 Å². The lowest BCUT2D eigenvalue weighted by Crippen LogP contribution is -2.08. The second-order valence-electron chi connectivity index (χ2n) is 5.95. The van der Waals surface area contributed by atoms with Gasteiger partial charge in [0.1, 0.15) is 5.69 Å². The Bertz CT molecular complexity index is 1040. The van der Waals surface area contributed by atoms with Gasteiger partial charge < -0.3 is 15.1 Å². The first-order chi connectivity index (χ1) is 12.5. The van der Waals surface area contributed by atoms with Crippen molar-refractivity contribution in [2.75, 3.05) is 0 Å². The molecule has 3 aromatic rings. The molecule has 7 nitrogen and oxygen atoms in total. The fourth-order valence-electron chi connectivity index (χ4n) is 3.18. The van der Waals surface area contributed by atoms with E-state index in [2.05, 4.69) is 16.3 Å². The number of carboxylic acids is 1. The summed E-state index contributed by atoms with van der Waals surface area (Å²) in [5.41, 5.74) is 5.58. The van der Waals surface area contributed by atoms with Gasteiger partial charge in [0.2, 0.25) is 0 Å². The molecule has 0 aliphatic heterocycles. The second kappa shape index (κ2) is 6.69. The SMILES string of the molecule is Cc1c(C=N)c(-c2ccc(C#N)cc2)c(C)n1Cc1cn[nH]c1C(=O)O.